The quantitative estimate of drug-likeness (QED) is 0.464. The van der Waals surface area contributed by atoms with E-state index in [0.29, 0.717) is 29.3 Å². The Labute approximate surface area is 177 Å². The molecule has 3 aromatic rings. The number of carbonyl (C=O) groups is 1. The van der Waals surface area contributed by atoms with Crippen LogP contribution in [0.1, 0.15) is 27.4 Å². The predicted molar refractivity (Wildman–Crippen MR) is 108 cm³/mol. The molecule has 0 saturated carbocycles. The number of rotatable bonds is 5. The number of aldehydes is 1. The van der Waals surface area contributed by atoms with Crippen LogP contribution >= 0.6 is 11.6 Å². The zero-order chi connectivity index (χ0) is 22.2. The largest absolute Gasteiger partial charge is 0.499 e. The van der Waals surface area contributed by atoms with Gasteiger partial charge in [0.1, 0.15) is 49.5 Å². The molecular formula is C19H12B2ClF2N3O3. The Kier molecular flexibility index (Phi) is 5.81. The molecule has 3 aromatic heterocycles. The summed E-state index contributed by atoms with van der Waals surface area (Å²) in [6.45, 7) is 3.28. The number of carbonyl (C=O) groups excluding carboxylic acids is 1. The van der Waals surface area contributed by atoms with E-state index in [2.05, 4.69) is 9.97 Å². The molecule has 0 saturated heterocycles. The van der Waals surface area contributed by atoms with Crippen LogP contribution in [0.4, 0.5) is 8.78 Å². The van der Waals surface area contributed by atoms with Crippen molar-refractivity contribution in [3.8, 4) is 11.4 Å². The lowest BCUT2D eigenvalue weighted by Crippen LogP contribution is -2.37. The third-order valence-electron chi connectivity index (χ3n) is 4.21. The Morgan fingerprint density at radius 1 is 1.17 bits per heavy atom. The van der Waals surface area contributed by atoms with E-state index >= 15 is 0 Å². The normalized spacial score (nSPS) is 11.4. The van der Waals surface area contributed by atoms with E-state index in [4.69, 9.17) is 32.0 Å². The number of hydrogen-bond donors (Lipinski definition) is 0. The van der Waals surface area contributed by atoms with E-state index in [9.17, 15) is 18.4 Å². The van der Waals surface area contributed by atoms with Crippen molar-refractivity contribution < 1.29 is 18.3 Å². The average molecular weight is 425 g/mol. The van der Waals surface area contributed by atoms with Gasteiger partial charge >= 0.3 is 0 Å². The van der Waals surface area contributed by atoms with Gasteiger partial charge in [-0.25, -0.2) is 8.78 Å². The molecule has 6 nitrogen and oxygen atoms in total. The number of ether oxygens (including phenoxy) is 1. The second kappa shape index (κ2) is 8.02. The van der Waals surface area contributed by atoms with Gasteiger partial charge in [0.15, 0.2) is 6.29 Å². The van der Waals surface area contributed by atoms with Crippen molar-refractivity contribution in [3.63, 3.8) is 0 Å². The molecule has 0 aliphatic carbocycles. The molecular weight excluding hydrogens is 413 g/mol. The van der Waals surface area contributed by atoms with E-state index in [1.54, 1.807) is 13.8 Å². The van der Waals surface area contributed by atoms with Crippen LogP contribution in [0.25, 0.3) is 5.69 Å². The fourth-order valence-corrected chi connectivity index (χ4v) is 3.00. The first-order chi connectivity index (χ1) is 14.0. The van der Waals surface area contributed by atoms with Crippen LogP contribution in [0, 0.1) is 25.5 Å². The van der Waals surface area contributed by atoms with Crippen molar-refractivity contribution >= 4 is 33.6 Å². The topological polar surface area (TPSA) is 74.1 Å². The summed E-state index contributed by atoms with van der Waals surface area (Å²) in [6, 6.07) is 3.34. The summed E-state index contributed by atoms with van der Waals surface area (Å²) in [5.74, 6) is -2.28. The zero-order valence-corrected chi connectivity index (χ0v) is 16.6. The van der Waals surface area contributed by atoms with Crippen molar-refractivity contribution in [2.24, 2.45) is 0 Å². The monoisotopic (exact) mass is 425 g/mol. The van der Waals surface area contributed by atoms with Crippen LogP contribution in [-0.2, 0) is 5.40 Å². The molecule has 0 atom stereocenters. The number of pyridine rings is 3. The van der Waals surface area contributed by atoms with Gasteiger partial charge in [-0.1, -0.05) is 11.6 Å². The summed E-state index contributed by atoms with van der Waals surface area (Å²) in [5, 5.41) is -2.74. The number of nitrogens with zero attached hydrogens (tertiary/aromatic N) is 3. The summed E-state index contributed by atoms with van der Waals surface area (Å²) in [6.07, 6.45) is 2.71. The second-order valence-electron chi connectivity index (χ2n) is 6.50. The van der Waals surface area contributed by atoms with E-state index < -0.39 is 33.3 Å². The number of halogens is 3. The first-order valence-corrected chi connectivity index (χ1v) is 8.85. The maximum absolute atomic E-state index is 14.0. The van der Waals surface area contributed by atoms with E-state index in [1.807, 2.05) is 0 Å². The molecule has 0 bridgehead atoms. The van der Waals surface area contributed by atoms with Crippen LogP contribution in [-0.4, -0.2) is 36.5 Å². The summed E-state index contributed by atoms with van der Waals surface area (Å²) < 4.78 is 33.8. The fraction of sp³-hybridized carbons (Fsp3) is 0.158. The highest BCUT2D eigenvalue weighted by Gasteiger charge is 2.29. The van der Waals surface area contributed by atoms with Crippen LogP contribution < -0.4 is 10.3 Å². The molecule has 3 heterocycles. The van der Waals surface area contributed by atoms with Gasteiger partial charge in [-0.05, 0) is 25.5 Å². The molecule has 0 unspecified atom stereocenters. The van der Waals surface area contributed by atoms with Gasteiger partial charge in [0.2, 0.25) is 0 Å². The summed E-state index contributed by atoms with van der Waals surface area (Å²) in [5.41, 5.74) is 0.206. The Hall–Kier alpha value is -3.00. The van der Waals surface area contributed by atoms with Crippen LogP contribution in [0.5, 0.6) is 5.75 Å². The van der Waals surface area contributed by atoms with Gasteiger partial charge in [0.05, 0.1) is 17.3 Å². The summed E-state index contributed by atoms with van der Waals surface area (Å²) in [7, 11) is 11.6. The van der Waals surface area contributed by atoms with Crippen LogP contribution in [0.3, 0.4) is 0 Å². The highest BCUT2D eigenvalue weighted by Crippen LogP contribution is 2.30. The van der Waals surface area contributed by atoms with Gasteiger partial charge in [-0.3, -0.25) is 24.1 Å². The van der Waals surface area contributed by atoms with Gasteiger partial charge in [0.25, 0.3) is 5.56 Å². The predicted octanol–water partition coefficient (Wildman–Crippen LogP) is 2.51. The molecule has 0 spiro atoms. The molecule has 4 radical (unpaired) electrons. The van der Waals surface area contributed by atoms with Gasteiger partial charge < -0.3 is 4.74 Å². The Balaban J connectivity index is 2.09. The standard InChI is InChI=1S/C19H12B2ClF2N3O3/c1-9-6-25-12(8-28)5-14(9)27-10(2)3-15(16(22)18(27)29)30-19(20,21)17-13(24)4-11(23)7-26-17/h3-8H,1-2H3. The smallest absolute Gasteiger partial charge is 0.277 e. The Morgan fingerprint density at radius 3 is 2.50 bits per heavy atom. The van der Waals surface area contributed by atoms with Gasteiger partial charge in [-0.2, -0.15) is 0 Å². The molecule has 0 aliphatic rings. The maximum Gasteiger partial charge on any atom is 0.277 e. The third-order valence-corrected chi connectivity index (χ3v) is 4.56. The lowest BCUT2D eigenvalue weighted by atomic mass is 9.62. The minimum Gasteiger partial charge on any atom is -0.499 e. The molecule has 30 heavy (non-hydrogen) atoms. The molecule has 11 heteroatoms. The van der Waals surface area contributed by atoms with Crippen molar-refractivity contribution in [1.29, 1.82) is 0 Å². The lowest BCUT2D eigenvalue weighted by molar-refractivity contribution is 0.111. The minimum absolute atomic E-state index is 0.124. The van der Waals surface area contributed by atoms with E-state index in [1.165, 1.54) is 22.9 Å². The summed E-state index contributed by atoms with van der Waals surface area (Å²) >= 11 is 6.18. The highest BCUT2D eigenvalue weighted by atomic mass is 35.5. The molecule has 0 aliphatic heterocycles. The first kappa shape index (κ1) is 21.7. The molecule has 0 fully saturated rings. The van der Waals surface area contributed by atoms with Crippen LogP contribution in [0.2, 0.25) is 5.02 Å². The fourth-order valence-electron chi connectivity index (χ4n) is 2.82. The average Bonchev–Trinajstić information content (AvgIpc) is 2.66. The Morgan fingerprint density at radius 2 is 1.87 bits per heavy atom. The summed E-state index contributed by atoms with van der Waals surface area (Å²) in [4.78, 5) is 31.4. The molecule has 0 aromatic carbocycles. The van der Waals surface area contributed by atoms with Crippen molar-refractivity contribution in [2.75, 3.05) is 0 Å². The van der Waals surface area contributed by atoms with Crippen molar-refractivity contribution in [1.82, 2.24) is 14.5 Å². The second-order valence-corrected chi connectivity index (χ2v) is 6.88. The number of aromatic nitrogens is 3. The van der Waals surface area contributed by atoms with Crippen molar-refractivity contribution in [2.45, 2.75) is 19.2 Å². The van der Waals surface area contributed by atoms with E-state index in [0.717, 1.165) is 6.20 Å². The Bertz CT molecular complexity index is 1220. The minimum atomic E-state index is -2.34. The van der Waals surface area contributed by atoms with Gasteiger partial charge in [0, 0.05) is 24.0 Å². The maximum atomic E-state index is 14.0. The molecule has 3 rings (SSSR count). The molecule has 0 amide bonds. The van der Waals surface area contributed by atoms with E-state index in [-0.39, 0.29) is 11.4 Å². The highest BCUT2D eigenvalue weighted by molar-refractivity contribution is 6.39. The van der Waals surface area contributed by atoms with Crippen LogP contribution in [0.15, 0.2) is 35.4 Å². The first-order valence-electron chi connectivity index (χ1n) is 8.47. The number of aryl methyl sites for hydroxylation is 2. The SMILES string of the molecule is [B]C([B])(Oc1cc(C)n(-c2cc(C=O)ncc2C)c(=O)c1Cl)c1ncc(F)cc1F. The lowest BCUT2D eigenvalue weighted by Gasteiger charge is -2.28. The third kappa shape index (κ3) is 4.00. The number of hydrogen-bond acceptors (Lipinski definition) is 5. The molecule has 0 N–H and O–H groups in total. The molecule has 148 valence electrons. The van der Waals surface area contributed by atoms with Crippen molar-refractivity contribution in [3.05, 3.63) is 80.2 Å². The van der Waals surface area contributed by atoms with Gasteiger partial charge in [-0.15, -0.1) is 0 Å². The zero-order valence-electron chi connectivity index (χ0n) is 15.8.